The zero-order valence-electron chi connectivity index (χ0n) is 10.1. The summed E-state index contributed by atoms with van der Waals surface area (Å²) < 4.78 is 0. The Bertz CT molecular complexity index is 382. The van der Waals surface area contributed by atoms with Crippen LogP contribution < -0.4 is 0 Å². The molecule has 2 rings (SSSR count). The summed E-state index contributed by atoms with van der Waals surface area (Å²) in [5.41, 5.74) is 4.06. The molecule has 0 saturated heterocycles. The predicted molar refractivity (Wildman–Crippen MR) is 68.8 cm³/mol. The fraction of sp³-hybridized carbons (Fsp3) is 0.200. The summed E-state index contributed by atoms with van der Waals surface area (Å²) in [5.74, 6) is 0.322. The van der Waals surface area contributed by atoms with Gasteiger partial charge in [-0.15, -0.1) is 0 Å². The van der Waals surface area contributed by atoms with Crippen LogP contribution in [0.4, 0.5) is 0 Å². The number of phenolic OH excluding ortho intramolecular Hbond substituents is 1. The third-order valence-electron chi connectivity index (χ3n) is 2.12. The van der Waals surface area contributed by atoms with E-state index in [1.54, 1.807) is 24.3 Å². The molecule has 2 aromatic rings. The average molecular weight is 214 g/mol. The normalized spacial score (nSPS) is 9.19. The van der Waals surface area contributed by atoms with Gasteiger partial charge in [0.05, 0.1) is 0 Å². The van der Waals surface area contributed by atoms with Crippen LogP contribution in [0.2, 0.25) is 0 Å². The van der Waals surface area contributed by atoms with Crippen molar-refractivity contribution >= 4 is 0 Å². The van der Waals surface area contributed by atoms with Crippen LogP contribution in [0.1, 0.15) is 16.7 Å². The number of aryl methyl sites for hydroxylation is 3. The lowest BCUT2D eigenvalue weighted by Gasteiger charge is -1.96. The first-order chi connectivity index (χ1) is 7.58. The quantitative estimate of drug-likeness (QED) is 0.702. The van der Waals surface area contributed by atoms with Gasteiger partial charge in [-0.1, -0.05) is 53.1 Å². The Morgan fingerprint density at radius 1 is 0.688 bits per heavy atom. The SMILES string of the molecule is Cc1cc(C)cc(C)c1.Oc1ccccc1. The predicted octanol–water partition coefficient (Wildman–Crippen LogP) is 4.00. The molecule has 16 heavy (non-hydrogen) atoms. The van der Waals surface area contributed by atoms with E-state index < -0.39 is 0 Å². The molecule has 0 spiro atoms. The Labute approximate surface area is 97.4 Å². The van der Waals surface area contributed by atoms with Crippen LogP contribution in [0.15, 0.2) is 48.5 Å². The van der Waals surface area contributed by atoms with Crippen molar-refractivity contribution in [2.75, 3.05) is 0 Å². The van der Waals surface area contributed by atoms with E-state index in [0.717, 1.165) is 0 Å². The highest BCUT2D eigenvalue weighted by Gasteiger charge is 1.87. The molecule has 1 nitrogen and oxygen atoms in total. The lowest BCUT2D eigenvalue weighted by Crippen LogP contribution is -1.78. The van der Waals surface area contributed by atoms with Gasteiger partial charge in [-0.25, -0.2) is 0 Å². The van der Waals surface area contributed by atoms with Gasteiger partial charge in [-0.05, 0) is 32.9 Å². The third kappa shape index (κ3) is 4.65. The summed E-state index contributed by atoms with van der Waals surface area (Å²) in [5, 5.41) is 8.63. The van der Waals surface area contributed by atoms with Gasteiger partial charge in [0.2, 0.25) is 0 Å². The van der Waals surface area contributed by atoms with Crippen LogP contribution in [0, 0.1) is 20.8 Å². The van der Waals surface area contributed by atoms with Crippen molar-refractivity contribution in [3.05, 3.63) is 65.2 Å². The van der Waals surface area contributed by atoms with E-state index in [0.29, 0.717) is 5.75 Å². The van der Waals surface area contributed by atoms with Gasteiger partial charge in [0.15, 0.2) is 0 Å². The maximum absolute atomic E-state index is 8.63. The second-order valence-electron chi connectivity index (χ2n) is 4.00. The van der Waals surface area contributed by atoms with Crippen molar-refractivity contribution in [1.82, 2.24) is 0 Å². The second kappa shape index (κ2) is 5.96. The maximum Gasteiger partial charge on any atom is 0.115 e. The molecule has 0 aliphatic rings. The minimum atomic E-state index is 0.322. The zero-order chi connectivity index (χ0) is 12.0. The standard InChI is InChI=1S/C9H12.C6H6O/c1-7-4-8(2)6-9(3)5-7;7-6-4-2-1-3-5-6/h4-6H,1-3H3;1-5,7H. The highest BCUT2D eigenvalue weighted by molar-refractivity contribution is 5.27. The van der Waals surface area contributed by atoms with Crippen LogP contribution in [-0.2, 0) is 0 Å². The first kappa shape index (κ1) is 12.3. The minimum Gasteiger partial charge on any atom is -0.508 e. The zero-order valence-corrected chi connectivity index (χ0v) is 10.1. The van der Waals surface area contributed by atoms with Crippen LogP contribution in [-0.4, -0.2) is 5.11 Å². The van der Waals surface area contributed by atoms with E-state index in [4.69, 9.17) is 5.11 Å². The molecule has 84 valence electrons. The van der Waals surface area contributed by atoms with Crippen molar-refractivity contribution in [3.63, 3.8) is 0 Å². The third-order valence-corrected chi connectivity index (χ3v) is 2.12. The van der Waals surface area contributed by atoms with Gasteiger partial charge >= 0.3 is 0 Å². The van der Waals surface area contributed by atoms with Crippen LogP contribution >= 0.6 is 0 Å². The molecule has 0 atom stereocenters. The molecule has 1 N–H and O–H groups in total. The van der Waals surface area contributed by atoms with Crippen molar-refractivity contribution in [3.8, 4) is 5.75 Å². The lowest BCUT2D eigenvalue weighted by molar-refractivity contribution is 0.475. The second-order valence-corrected chi connectivity index (χ2v) is 4.00. The molecule has 0 radical (unpaired) electrons. The van der Waals surface area contributed by atoms with Gasteiger partial charge in [0.25, 0.3) is 0 Å². The van der Waals surface area contributed by atoms with E-state index in [1.807, 2.05) is 6.07 Å². The Balaban J connectivity index is 0.000000165. The molecule has 0 saturated carbocycles. The summed E-state index contributed by atoms with van der Waals surface area (Å²) in [4.78, 5) is 0. The smallest absolute Gasteiger partial charge is 0.115 e. The number of rotatable bonds is 0. The van der Waals surface area contributed by atoms with Crippen molar-refractivity contribution in [2.45, 2.75) is 20.8 Å². The number of para-hydroxylation sites is 1. The minimum absolute atomic E-state index is 0.322. The molecular weight excluding hydrogens is 196 g/mol. The van der Waals surface area contributed by atoms with Crippen LogP contribution in [0.25, 0.3) is 0 Å². The van der Waals surface area contributed by atoms with E-state index >= 15 is 0 Å². The molecule has 0 heterocycles. The fourth-order valence-corrected chi connectivity index (χ4v) is 1.63. The topological polar surface area (TPSA) is 20.2 Å². The molecule has 0 bridgehead atoms. The van der Waals surface area contributed by atoms with Gasteiger partial charge < -0.3 is 5.11 Å². The van der Waals surface area contributed by atoms with Gasteiger partial charge in [0.1, 0.15) is 5.75 Å². The van der Waals surface area contributed by atoms with Crippen LogP contribution in [0.3, 0.4) is 0 Å². The van der Waals surface area contributed by atoms with Crippen molar-refractivity contribution < 1.29 is 5.11 Å². The first-order valence-electron chi connectivity index (χ1n) is 5.37. The number of phenols is 1. The van der Waals surface area contributed by atoms with E-state index in [-0.39, 0.29) is 0 Å². The molecule has 0 aliphatic heterocycles. The van der Waals surface area contributed by atoms with Gasteiger partial charge in [-0.2, -0.15) is 0 Å². The fourth-order valence-electron chi connectivity index (χ4n) is 1.63. The Morgan fingerprint density at radius 2 is 1.06 bits per heavy atom. The largest absolute Gasteiger partial charge is 0.508 e. The molecule has 2 aromatic carbocycles. The molecule has 0 fully saturated rings. The van der Waals surface area contributed by atoms with Gasteiger partial charge in [-0.3, -0.25) is 0 Å². The Morgan fingerprint density at radius 3 is 1.31 bits per heavy atom. The summed E-state index contributed by atoms with van der Waals surface area (Å²) in [6, 6.07) is 15.3. The van der Waals surface area contributed by atoms with E-state index in [1.165, 1.54) is 16.7 Å². The number of hydrogen-bond acceptors (Lipinski definition) is 1. The molecule has 0 aliphatic carbocycles. The first-order valence-corrected chi connectivity index (χ1v) is 5.37. The Kier molecular flexibility index (Phi) is 4.59. The van der Waals surface area contributed by atoms with E-state index in [2.05, 4.69) is 39.0 Å². The highest BCUT2D eigenvalue weighted by atomic mass is 16.3. The van der Waals surface area contributed by atoms with E-state index in [9.17, 15) is 0 Å². The number of hydrogen-bond donors (Lipinski definition) is 1. The lowest BCUT2D eigenvalue weighted by atomic mass is 10.1. The van der Waals surface area contributed by atoms with Crippen molar-refractivity contribution in [1.29, 1.82) is 0 Å². The summed E-state index contributed by atoms with van der Waals surface area (Å²) in [6.45, 7) is 6.38. The number of aromatic hydroxyl groups is 1. The monoisotopic (exact) mass is 214 g/mol. The summed E-state index contributed by atoms with van der Waals surface area (Å²) >= 11 is 0. The summed E-state index contributed by atoms with van der Waals surface area (Å²) in [6.07, 6.45) is 0. The molecule has 0 unspecified atom stereocenters. The van der Waals surface area contributed by atoms with Gasteiger partial charge in [0, 0.05) is 0 Å². The van der Waals surface area contributed by atoms with Crippen LogP contribution in [0.5, 0.6) is 5.75 Å². The highest BCUT2D eigenvalue weighted by Crippen LogP contribution is 2.06. The molecule has 0 amide bonds. The summed E-state index contributed by atoms with van der Waals surface area (Å²) in [7, 11) is 0. The molecule has 1 heteroatoms. The van der Waals surface area contributed by atoms with Crippen molar-refractivity contribution in [2.24, 2.45) is 0 Å². The maximum atomic E-state index is 8.63. The average Bonchev–Trinajstić information content (AvgIpc) is 2.17. The molecule has 0 aromatic heterocycles. The Hall–Kier alpha value is -1.76. The number of benzene rings is 2. The molecular formula is C15H18O.